The summed E-state index contributed by atoms with van der Waals surface area (Å²) in [6.45, 7) is 6.24. The van der Waals surface area contributed by atoms with Crippen molar-refractivity contribution in [2.24, 2.45) is 4.99 Å². The molecule has 2 aromatic rings. The first-order valence-corrected chi connectivity index (χ1v) is 9.30. The second-order valence-electron chi connectivity index (χ2n) is 6.72. The van der Waals surface area contributed by atoms with E-state index in [-0.39, 0.29) is 35.8 Å². The Labute approximate surface area is 182 Å². The van der Waals surface area contributed by atoms with Crippen LogP contribution in [0.2, 0.25) is 0 Å². The van der Waals surface area contributed by atoms with Crippen LogP contribution < -0.4 is 10.6 Å². The lowest BCUT2D eigenvalue weighted by Gasteiger charge is -2.25. The van der Waals surface area contributed by atoms with Gasteiger partial charge in [0.15, 0.2) is 11.8 Å². The standard InChI is InChI=1S/C19H27FN6O.HI/c1-4-21-19(22-10-14-5-7-16(20)13(2)9-14)23-15-6-8-18-24-17(12-27-3)25-26(18)11-15;/h5,7,9,15H,4,6,8,10-12H2,1-3H3,(H2,21,22,23);1H. The Kier molecular flexibility index (Phi) is 8.61. The normalized spacial score (nSPS) is 16.3. The van der Waals surface area contributed by atoms with E-state index in [0.717, 1.165) is 49.1 Å². The molecule has 3 rings (SSSR count). The summed E-state index contributed by atoms with van der Waals surface area (Å²) in [6, 6.07) is 5.32. The van der Waals surface area contributed by atoms with Gasteiger partial charge >= 0.3 is 0 Å². The number of nitrogens with zero attached hydrogens (tertiary/aromatic N) is 4. The Morgan fingerprint density at radius 1 is 1.43 bits per heavy atom. The molecule has 9 heteroatoms. The Morgan fingerprint density at radius 3 is 2.96 bits per heavy atom. The number of guanidine groups is 1. The van der Waals surface area contributed by atoms with E-state index in [2.05, 4.69) is 25.7 Å². The molecule has 0 amide bonds. The van der Waals surface area contributed by atoms with E-state index in [9.17, 15) is 4.39 Å². The summed E-state index contributed by atoms with van der Waals surface area (Å²) in [4.78, 5) is 9.15. The molecule has 0 saturated heterocycles. The number of hydrogen-bond acceptors (Lipinski definition) is 4. The van der Waals surface area contributed by atoms with Crippen molar-refractivity contribution in [1.29, 1.82) is 0 Å². The van der Waals surface area contributed by atoms with Crippen LogP contribution >= 0.6 is 24.0 Å². The van der Waals surface area contributed by atoms with Crippen molar-refractivity contribution < 1.29 is 9.13 Å². The number of aromatic nitrogens is 3. The molecule has 0 fully saturated rings. The molecule has 0 saturated carbocycles. The number of aryl methyl sites for hydroxylation is 2. The molecule has 154 valence electrons. The summed E-state index contributed by atoms with van der Waals surface area (Å²) in [5.74, 6) is 2.29. The minimum atomic E-state index is -0.188. The molecule has 0 bridgehead atoms. The maximum absolute atomic E-state index is 13.4. The molecule has 0 radical (unpaired) electrons. The second-order valence-corrected chi connectivity index (χ2v) is 6.72. The van der Waals surface area contributed by atoms with E-state index in [1.807, 2.05) is 17.7 Å². The first-order valence-electron chi connectivity index (χ1n) is 9.30. The van der Waals surface area contributed by atoms with Crippen LogP contribution in [0.5, 0.6) is 0 Å². The molecule has 1 aliphatic heterocycles. The quantitative estimate of drug-likeness (QED) is 0.361. The van der Waals surface area contributed by atoms with Crippen molar-refractivity contribution in [3.05, 3.63) is 46.8 Å². The minimum Gasteiger partial charge on any atom is -0.377 e. The molecular weight excluding hydrogens is 474 g/mol. The highest BCUT2D eigenvalue weighted by atomic mass is 127. The van der Waals surface area contributed by atoms with E-state index in [1.165, 1.54) is 6.07 Å². The smallest absolute Gasteiger partial charge is 0.191 e. The van der Waals surface area contributed by atoms with Gasteiger partial charge < -0.3 is 15.4 Å². The predicted molar refractivity (Wildman–Crippen MR) is 117 cm³/mol. The number of ether oxygens (including phenoxy) is 1. The van der Waals surface area contributed by atoms with E-state index in [0.29, 0.717) is 18.7 Å². The topological polar surface area (TPSA) is 76.4 Å². The van der Waals surface area contributed by atoms with Gasteiger partial charge in [-0.2, -0.15) is 5.10 Å². The number of benzene rings is 1. The van der Waals surface area contributed by atoms with Gasteiger partial charge in [-0.15, -0.1) is 24.0 Å². The van der Waals surface area contributed by atoms with Crippen LogP contribution in [-0.4, -0.2) is 40.4 Å². The van der Waals surface area contributed by atoms with Crippen molar-refractivity contribution in [2.45, 2.75) is 52.4 Å². The highest BCUT2D eigenvalue weighted by molar-refractivity contribution is 14.0. The van der Waals surface area contributed by atoms with E-state index >= 15 is 0 Å². The number of nitrogens with one attached hydrogen (secondary N) is 2. The van der Waals surface area contributed by atoms with Crippen LogP contribution in [-0.2, 0) is 30.9 Å². The van der Waals surface area contributed by atoms with Gasteiger partial charge in [0.1, 0.15) is 18.2 Å². The van der Waals surface area contributed by atoms with Crippen LogP contribution in [0.25, 0.3) is 0 Å². The van der Waals surface area contributed by atoms with Crippen LogP contribution in [0.1, 0.15) is 36.1 Å². The SMILES string of the molecule is CCNC(=NCc1ccc(F)c(C)c1)NC1CCc2nc(COC)nn2C1.I. The van der Waals surface area contributed by atoms with Crippen molar-refractivity contribution in [1.82, 2.24) is 25.4 Å². The predicted octanol–water partition coefficient (Wildman–Crippen LogP) is 2.56. The highest BCUT2D eigenvalue weighted by Crippen LogP contribution is 2.14. The summed E-state index contributed by atoms with van der Waals surface area (Å²) in [7, 11) is 1.64. The largest absolute Gasteiger partial charge is 0.377 e. The number of hydrogen-bond donors (Lipinski definition) is 2. The van der Waals surface area contributed by atoms with E-state index in [4.69, 9.17) is 4.74 Å². The van der Waals surface area contributed by atoms with Gasteiger partial charge in [0.25, 0.3) is 0 Å². The maximum atomic E-state index is 13.4. The molecule has 7 nitrogen and oxygen atoms in total. The summed E-state index contributed by atoms with van der Waals surface area (Å²) < 4.78 is 20.5. The lowest BCUT2D eigenvalue weighted by atomic mass is 10.1. The average Bonchev–Trinajstić information content (AvgIpc) is 3.04. The van der Waals surface area contributed by atoms with Gasteiger partial charge in [-0.25, -0.2) is 19.0 Å². The molecule has 1 aliphatic rings. The van der Waals surface area contributed by atoms with Crippen molar-refractivity contribution in [2.75, 3.05) is 13.7 Å². The van der Waals surface area contributed by atoms with Crippen LogP contribution in [0, 0.1) is 12.7 Å². The fourth-order valence-corrected chi connectivity index (χ4v) is 3.16. The maximum Gasteiger partial charge on any atom is 0.191 e. The summed E-state index contributed by atoms with van der Waals surface area (Å²) in [5.41, 5.74) is 1.62. The van der Waals surface area contributed by atoms with E-state index in [1.54, 1.807) is 20.1 Å². The number of aliphatic imine (C=N–C) groups is 1. The zero-order chi connectivity index (χ0) is 19.2. The average molecular weight is 502 g/mol. The second kappa shape index (κ2) is 10.7. The molecule has 0 spiro atoms. The molecular formula is C19H28FIN6O. The third kappa shape index (κ3) is 5.87. The zero-order valence-electron chi connectivity index (χ0n) is 16.5. The Morgan fingerprint density at radius 2 is 2.25 bits per heavy atom. The van der Waals surface area contributed by atoms with Crippen LogP contribution in [0.15, 0.2) is 23.2 Å². The van der Waals surface area contributed by atoms with Crippen LogP contribution in [0.4, 0.5) is 4.39 Å². The molecule has 0 aliphatic carbocycles. The lowest BCUT2D eigenvalue weighted by Crippen LogP contribution is -2.47. The summed E-state index contributed by atoms with van der Waals surface area (Å²) >= 11 is 0. The minimum absolute atomic E-state index is 0. The molecule has 2 heterocycles. The number of fused-ring (bicyclic) bond motifs is 1. The van der Waals surface area contributed by atoms with Crippen molar-refractivity contribution in [3.8, 4) is 0 Å². The molecule has 1 aromatic heterocycles. The third-order valence-electron chi connectivity index (χ3n) is 4.50. The van der Waals surface area contributed by atoms with Gasteiger partial charge in [0.2, 0.25) is 0 Å². The fraction of sp³-hybridized carbons (Fsp3) is 0.526. The van der Waals surface area contributed by atoms with Gasteiger partial charge in [-0.3, -0.25) is 0 Å². The first kappa shape index (κ1) is 22.5. The van der Waals surface area contributed by atoms with Gasteiger partial charge in [-0.1, -0.05) is 12.1 Å². The van der Waals surface area contributed by atoms with Gasteiger partial charge in [0, 0.05) is 26.1 Å². The number of methoxy groups -OCH3 is 1. The van der Waals surface area contributed by atoms with Crippen LogP contribution in [0.3, 0.4) is 0 Å². The number of halogens is 2. The highest BCUT2D eigenvalue weighted by Gasteiger charge is 2.22. The monoisotopic (exact) mass is 502 g/mol. The summed E-state index contributed by atoms with van der Waals surface area (Å²) in [5, 5.41) is 11.3. The molecule has 1 aromatic carbocycles. The van der Waals surface area contributed by atoms with Crippen molar-refractivity contribution in [3.63, 3.8) is 0 Å². The zero-order valence-corrected chi connectivity index (χ0v) is 18.9. The molecule has 1 unspecified atom stereocenters. The Balaban J connectivity index is 0.00000280. The van der Waals surface area contributed by atoms with Gasteiger partial charge in [-0.05, 0) is 37.5 Å². The molecule has 1 atom stereocenters. The van der Waals surface area contributed by atoms with Crippen molar-refractivity contribution >= 4 is 29.9 Å². The Hall–Kier alpha value is -1.75. The first-order chi connectivity index (χ1) is 13.1. The third-order valence-corrected chi connectivity index (χ3v) is 4.50. The Bertz CT molecular complexity index is 810. The number of rotatable bonds is 6. The van der Waals surface area contributed by atoms with Gasteiger partial charge in [0.05, 0.1) is 13.1 Å². The summed E-state index contributed by atoms with van der Waals surface area (Å²) in [6.07, 6.45) is 1.83. The fourth-order valence-electron chi connectivity index (χ4n) is 3.16. The molecule has 2 N–H and O–H groups in total. The van der Waals surface area contributed by atoms with E-state index < -0.39 is 0 Å². The molecule has 28 heavy (non-hydrogen) atoms. The lowest BCUT2D eigenvalue weighted by molar-refractivity contribution is 0.177.